The SMILES string of the molecule is Cc1cccn2cc(C(=O)N3CCN(c4ccccn4)CC3)cc12. The molecule has 5 heteroatoms. The number of amides is 1. The van der Waals surface area contributed by atoms with E-state index in [1.807, 2.05) is 58.2 Å². The summed E-state index contributed by atoms with van der Waals surface area (Å²) in [6, 6.07) is 12.0. The van der Waals surface area contributed by atoms with Crippen LogP contribution >= 0.6 is 0 Å². The maximum Gasteiger partial charge on any atom is 0.255 e. The second-order valence-corrected chi connectivity index (χ2v) is 6.18. The van der Waals surface area contributed by atoms with Crippen LogP contribution in [0.25, 0.3) is 5.52 Å². The summed E-state index contributed by atoms with van der Waals surface area (Å²) in [6.45, 7) is 5.14. The van der Waals surface area contributed by atoms with Crippen molar-refractivity contribution >= 4 is 17.2 Å². The number of hydrogen-bond acceptors (Lipinski definition) is 3. The second-order valence-electron chi connectivity index (χ2n) is 6.18. The lowest BCUT2D eigenvalue weighted by Gasteiger charge is -2.35. The smallest absolute Gasteiger partial charge is 0.255 e. The van der Waals surface area contributed by atoms with Crippen molar-refractivity contribution in [2.45, 2.75) is 6.92 Å². The molecule has 0 radical (unpaired) electrons. The van der Waals surface area contributed by atoms with Crippen molar-refractivity contribution in [3.8, 4) is 0 Å². The Morgan fingerprint density at radius 3 is 2.62 bits per heavy atom. The molecule has 3 aromatic rings. The molecule has 0 saturated carbocycles. The number of rotatable bonds is 2. The van der Waals surface area contributed by atoms with Crippen LogP contribution in [-0.2, 0) is 0 Å². The average molecular weight is 320 g/mol. The van der Waals surface area contributed by atoms with E-state index >= 15 is 0 Å². The number of carbonyl (C=O) groups is 1. The van der Waals surface area contributed by atoms with Crippen molar-refractivity contribution in [2.24, 2.45) is 0 Å². The first-order valence-corrected chi connectivity index (χ1v) is 8.25. The fourth-order valence-corrected chi connectivity index (χ4v) is 3.26. The van der Waals surface area contributed by atoms with Crippen LogP contribution in [0, 0.1) is 6.92 Å². The highest BCUT2D eigenvalue weighted by Gasteiger charge is 2.23. The van der Waals surface area contributed by atoms with Crippen molar-refractivity contribution in [2.75, 3.05) is 31.1 Å². The largest absolute Gasteiger partial charge is 0.353 e. The van der Waals surface area contributed by atoms with Gasteiger partial charge >= 0.3 is 0 Å². The number of aromatic nitrogens is 2. The van der Waals surface area contributed by atoms with E-state index in [1.54, 1.807) is 0 Å². The van der Waals surface area contributed by atoms with E-state index < -0.39 is 0 Å². The van der Waals surface area contributed by atoms with Gasteiger partial charge in [-0.3, -0.25) is 4.79 Å². The van der Waals surface area contributed by atoms with Gasteiger partial charge in [0.2, 0.25) is 0 Å². The second kappa shape index (κ2) is 6.00. The van der Waals surface area contributed by atoms with Gasteiger partial charge in [-0.1, -0.05) is 12.1 Å². The number of nitrogens with zero attached hydrogens (tertiary/aromatic N) is 4. The van der Waals surface area contributed by atoms with Gasteiger partial charge in [-0.15, -0.1) is 0 Å². The third-order valence-electron chi connectivity index (χ3n) is 4.63. The third kappa shape index (κ3) is 2.62. The molecule has 0 unspecified atom stereocenters. The minimum absolute atomic E-state index is 0.110. The monoisotopic (exact) mass is 320 g/mol. The van der Waals surface area contributed by atoms with Gasteiger partial charge in [-0.25, -0.2) is 4.98 Å². The maximum atomic E-state index is 12.8. The van der Waals surface area contributed by atoms with Crippen molar-refractivity contribution in [1.82, 2.24) is 14.3 Å². The first-order chi connectivity index (χ1) is 11.7. The molecule has 122 valence electrons. The van der Waals surface area contributed by atoms with E-state index in [4.69, 9.17) is 0 Å². The Hall–Kier alpha value is -2.82. The van der Waals surface area contributed by atoms with Gasteiger partial charge in [0.05, 0.1) is 5.56 Å². The quantitative estimate of drug-likeness (QED) is 0.729. The topological polar surface area (TPSA) is 40.9 Å². The zero-order valence-corrected chi connectivity index (χ0v) is 13.7. The molecule has 4 heterocycles. The minimum Gasteiger partial charge on any atom is -0.353 e. The van der Waals surface area contributed by atoms with Crippen LogP contribution < -0.4 is 4.90 Å². The molecule has 4 rings (SSSR count). The fraction of sp³-hybridized carbons (Fsp3) is 0.263. The zero-order chi connectivity index (χ0) is 16.5. The molecule has 0 bridgehead atoms. The highest BCUT2D eigenvalue weighted by molar-refractivity contribution is 5.96. The van der Waals surface area contributed by atoms with Crippen LogP contribution in [0.4, 0.5) is 5.82 Å². The molecule has 0 spiro atoms. The highest BCUT2D eigenvalue weighted by atomic mass is 16.2. The summed E-state index contributed by atoms with van der Waals surface area (Å²) < 4.78 is 2.02. The Bertz CT molecular complexity index is 863. The first-order valence-electron chi connectivity index (χ1n) is 8.25. The predicted octanol–water partition coefficient (Wildman–Crippen LogP) is 2.61. The lowest BCUT2D eigenvalue weighted by molar-refractivity contribution is 0.0746. The summed E-state index contributed by atoms with van der Waals surface area (Å²) in [5, 5.41) is 0. The molecular formula is C19H20N4O. The molecule has 3 aromatic heterocycles. The van der Waals surface area contributed by atoms with Crippen LogP contribution in [0.15, 0.2) is 55.0 Å². The van der Waals surface area contributed by atoms with Crippen molar-refractivity contribution in [3.05, 3.63) is 66.1 Å². The molecule has 1 aliphatic rings. The number of fused-ring (bicyclic) bond motifs is 1. The Morgan fingerprint density at radius 1 is 1.08 bits per heavy atom. The summed E-state index contributed by atoms with van der Waals surface area (Å²) in [5.74, 6) is 1.09. The van der Waals surface area contributed by atoms with Gasteiger partial charge in [0.1, 0.15) is 5.82 Å². The van der Waals surface area contributed by atoms with E-state index in [2.05, 4.69) is 22.9 Å². The van der Waals surface area contributed by atoms with Gasteiger partial charge in [0, 0.05) is 50.3 Å². The maximum absolute atomic E-state index is 12.8. The first kappa shape index (κ1) is 14.8. The number of pyridine rings is 2. The summed E-state index contributed by atoms with van der Waals surface area (Å²) in [5.41, 5.74) is 3.03. The van der Waals surface area contributed by atoms with Crippen LogP contribution in [0.5, 0.6) is 0 Å². The number of carbonyl (C=O) groups excluding carboxylic acids is 1. The average Bonchev–Trinajstić information content (AvgIpc) is 3.08. The Balaban J connectivity index is 1.48. The normalized spacial score (nSPS) is 15.0. The summed E-state index contributed by atoms with van der Waals surface area (Å²) >= 11 is 0. The lowest BCUT2D eigenvalue weighted by Crippen LogP contribution is -2.49. The molecule has 1 amide bonds. The summed E-state index contributed by atoms with van der Waals surface area (Å²) in [7, 11) is 0. The van der Waals surface area contributed by atoms with Crippen molar-refractivity contribution < 1.29 is 4.79 Å². The summed E-state index contributed by atoms with van der Waals surface area (Å²) in [4.78, 5) is 21.4. The molecule has 5 nitrogen and oxygen atoms in total. The summed E-state index contributed by atoms with van der Waals surface area (Å²) in [6.07, 6.45) is 5.72. The Labute approximate surface area is 141 Å². The third-order valence-corrected chi connectivity index (χ3v) is 4.63. The molecule has 0 aromatic carbocycles. The molecule has 1 saturated heterocycles. The predicted molar refractivity (Wildman–Crippen MR) is 94.5 cm³/mol. The fourth-order valence-electron chi connectivity index (χ4n) is 3.26. The van der Waals surface area contributed by atoms with Gasteiger partial charge in [0.25, 0.3) is 5.91 Å². The minimum atomic E-state index is 0.110. The highest BCUT2D eigenvalue weighted by Crippen LogP contribution is 2.18. The van der Waals surface area contributed by atoms with Crippen LogP contribution in [0.3, 0.4) is 0 Å². The van der Waals surface area contributed by atoms with Crippen molar-refractivity contribution in [1.29, 1.82) is 0 Å². The molecule has 1 aliphatic heterocycles. The molecule has 0 atom stereocenters. The van der Waals surface area contributed by atoms with E-state index in [0.29, 0.717) is 0 Å². The molecule has 1 fully saturated rings. The van der Waals surface area contributed by atoms with Crippen LogP contribution in [0.1, 0.15) is 15.9 Å². The Kier molecular flexibility index (Phi) is 3.69. The number of piperazine rings is 1. The van der Waals surface area contributed by atoms with E-state index in [0.717, 1.165) is 43.1 Å². The van der Waals surface area contributed by atoms with E-state index in [-0.39, 0.29) is 5.91 Å². The van der Waals surface area contributed by atoms with Gasteiger partial charge in [-0.2, -0.15) is 0 Å². The number of aryl methyl sites for hydroxylation is 1. The lowest BCUT2D eigenvalue weighted by atomic mass is 10.2. The van der Waals surface area contributed by atoms with Gasteiger partial charge in [0.15, 0.2) is 0 Å². The van der Waals surface area contributed by atoms with E-state index in [9.17, 15) is 4.79 Å². The molecule has 0 N–H and O–H groups in total. The Morgan fingerprint density at radius 2 is 1.92 bits per heavy atom. The van der Waals surface area contributed by atoms with E-state index in [1.165, 1.54) is 5.56 Å². The molecule has 0 aliphatic carbocycles. The molecule has 24 heavy (non-hydrogen) atoms. The number of hydrogen-bond donors (Lipinski definition) is 0. The van der Waals surface area contributed by atoms with Crippen LogP contribution in [-0.4, -0.2) is 46.4 Å². The molecular weight excluding hydrogens is 300 g/mol. The standard InChI is InChI=1S/C19H20N4O/c1-15-5-4-8-23-14-16(13-17(15)23)19(24)22-11-9-21(10-12-22)18-6-2-3-7-20-18/h2-8,13-14H,9-12H2,1H3. The zero-order valence-electron chi connectivity index (χ0n) is 13.7. The van der Waals surface area contributed by atoms with Crippen LogP contribution in [0.2, 0.25) is 0 Å². The van der Waals surface area contributed by atoms with Gasteiger partial charge in [-0.05, 0) is 36.8 Å². The number of anilines is 1. The van der Waals surface area contributed by atoms with Crippen molar-refractivity contribution in [3.63, 3.8) is 0 Å². The van der Waals surface area contributed by atoms with Gasteiger partial charge < -0.3 is 14.2 Å².